The van der Waals surface area contributed by atoms with Crippen molar-refractivity contribution >= 4 is 5.97 Å². The third-order valence-corrected chi connectivity index (χ3v) is 6.34. The molecule has 2 unspecified atom stereocenters. The van der Waals surface area contributed by atoms with E-state index in [1.54, 1.807) is 36.4 Å². The Kier molecular flexibility index (Phi) is 7.09. The molecule has 0 aromatic heterocycles. The van der Waals surface area contributed by atoms with Crippen LogP contribution in [-0.4, -0.2) is 25.3 Å². The van der Waals surface area contributed by atoms with Crippen LogP contribution in [0, 0.1) is 17.2 Å². The number of carbonyl (C=O) groups excluding carboxylic acids is 1. The van der Waals surface area contributed by atoms with Crippen LogP contribution in [0.2, 0.25) is 0 Å². The lowest BCUT2D eigenvalue weighted by molar-refractivity contribution is -0.144. The maximum absolute atomic E-state index is 12.8. The second-order valence-corrected chi connectivity index (χ2v) is 9.51. The molecule has 3 aromatic carbocycles. The molecule has 0 fully saturated rings. The Hall–Kier alpha value is -4.64. The maximum Gasteiger partial charge on any atom is 0.356 e. The number of rotatable bonds is 7. The average Bonchev–Trinajstić information content (AvgIpc) is 2.92. The highest BCUT2D eigenvalue weighted by atomic mass is 16.6. The second-order valence-electron chi connectivity index (χ2n) is 9.51. The minimum Gasteiger partial charge on any atom is -0.494 e. The molecule has 8 heteroatoms. The third-order valence-electron chi connectivity index (χ3n) is 6.34. The molecule has 2 heterocycles. The first-order valence-electron chi connectivity index (χ1n) is 12.5. The minimum absolute atomic E-state index is 0.000210. The Morgan fingerprint density at radius 3 is 2.66 bits per heavy atom. The first-order chi connectivity index (χ1) is 18.4. The van der Waals surface area contributed by atoms with Gasteiger partial charge in [0.15, 0.2) is 11.5 Å². The largest absolute Gasteiger partial charge is 0.494 e. The first-order valence-corrected chi connectivity index (χ1v) is 12.5. The van der Waals surface area contributed by atoms with Crippen LogP contribution in [0.5, 0.6) is 28.7 Å². The summed E-state index contributed by atoms with van der Waals surface area (Å²) in [6.07, 6.45) is 0.0234. The summed E-state index contributed by atoms with van der Waals surface area (Å²) in [4.78, 5) is 12.8. The van der Waals surface area contributed by atoms with Gasteiger partial charge in [-0.3, -0.25) is 0 Å². The molecule has 194 valence electrons. The lowest BCUT2D eigenvalue weighted by Gasteiger charge is -2.27. The Morgan fingerprint density at radius 1 is 1.05 bits per heavy atom. The smallest absolute Gasteiger partial charge is 0.356 e. The molecule has 0 radical (unpaired) electrons. The quantitative estimate of drug-likeness (QED) is 0.345. The lowest BCUT2D eigenvalue weighted by atomic mass is 9.83. The number of hydrogen-bond acceptors (Lipinski definition) is 8. The van der Waals surface area contributed by atoms with Gasteiger partial charge in [0.1, 0.15) is 35.5 Å². The van der Waals surface area contributed by atoms with E-state index in [1.165, 1.54) is 0 Å². The van der Waals surface area contributed by atoms with E-state index in [1.807, 2.05) is 30.3 Å². The standard InChI is InChI=1S/C30H28N2O6/c1-18(2)12-13-34-20-7-5-6-19(14-20)28-22-11-10-21(15-26(22)38-29(32)23(28)16-31)36-30(33)27-17-35-24-8-3-4-9-25(24)37-27/h3-11,14-15,18,27-28H,12-13,17,32H2,1-2H3. The van der Waals surface area contributed by atoms with Gasteiger partial charge in [0.2, 0.25) is 12.0 Å². The molecule has 0 amide bonds. The predicted molar refractivity (Wildman–Crippen MR) is 139 cm³/mol. The summed E-state index contributed by atoms with van der Waals surface area (Å²) in [6, 6.07) is 22.0. The van der Waals surface area contributed by atoms with E-state index in [0.29, 0.717) is 41.1 Å². The van der Waals surface area contributed by atoms with Gasteiger partial charge >= 0.3 is 5.97 Å². The second kappa shape index (κ2) is 10.8. The molecule has 2 atom stereocenters. The van der Waals surface area contributed by atoms with Crippen molar-refractivity contribution in [3.05, 3.63) is 89.3 Å². The molecule has 2 N–H and O–H groups in total. The van der Waals surface area contributed by atoms with Crippen molar-refractivity contribution in [1.82, 2.24) is 0 Å². The van der Waals surface area contributed by atoms with E-state index < -0.39 is 18.0 Å². The number of ether oxygens (including phenoxy) is 5. The number of nitrogens with zero attached hydrogens (tertiary/aromatic N) is 1. The molecule has 0 saturated carbocycles. The molecule has 5 rings (SSSR count). The fourth-order valence-electron chi connectivity index (χ4n) is 4.36. The van der Waals surface area contributed by atoms with Gasteiger partial charge in [0.05, 0.1) is 12.5 Å². The summed E-state index contributed by atoms with van der Waals surface area (Å²) in [6.45, 7) is 4.93. The Balaban J connectivity index is 1.37. The highest BCUT2D eigenvalue weighted by molar-refractivity contribution is 5.78. The highest BCUT2D eigenvalue weighted by Crippen LogP contribution is 2.44. The maximum atomic E-state index is 12.8. The van der Waals surface area contributed by atoms with E-state index in [4.69, 9.17) is 29.4 Å². The topological polar surface area (TPSA) is 113 Å². The number of fused-ring (bicyclic) bond motifs is 2. The van der Waals surface area contributed by atoms with E-state index in [-0.39, 0.29) is 18.2 Å². The predicted octanol–water partition coefficient (Wildman–Crippen LogP) is 5.08. The lowest BCUT2D eigenvalue weighted by Crippen LogP contribution is -2.39. The summed E-state index contributed by atoms with van der Waals surface area (Å²) in [5.41, 5.74) is 8.02. The van der Waals surface area contributed by atoms with Crippen LogP contribution in [0.25, 0.3) is 0 Å². The normalized spacial score (nSPS) is 17.7. The third kappa shape index (κ3) is 5.23. The molecular weight excluding hydrogens is 484 g/mol. The van der Waals surface area contributed by atoms with E-state index in [0.717, 1.165) is 17.5 Å². The molecule has 3 aromatic rings. The number of allylic oxidation sites excluding steroid dienone is 1. The SMILES string of the molecule is CC(C)CCOc1cccc(C2C(C#N)=C(N)Oc3cc(OC(=O)C4COc5ccccc5O4)ccc32)c1. The molecular formula is C30H28N2O6. The van der Waals surface area contributed by atoms with Crippen molar-refractivity contribution in [2.24, 2.45) is 11.7 Å². The first kappa shape index (κ1) is 25.0. The van der Waals surface area contributed by atoms with Gasteiger partial charge in [-0.15, -0.1) is 0 Å². The molecule has 0 bridgehead atoms. The Labute approximate surface area is 221 Å². The number of nitrogens with two attached hydrogens (primary N) is 1. The van der Waals surface area contributed by atoms with Crippen LogP contribution in [0.15, 0.2) is 78.2 Å². The van der Waals surface area contributed by atoms with E-state index >= 15 is 0 Å². The van der Waals surface area contributed by atoms with Gasteiger partial charge in [-0.1, -0.05) is 44.2 Å². The number of benzene rings is 3. The van der Waals surface area contributed by atoms with Gasteiger partial charge in [0.25, 0.3) is 0 Å². The van der Waals surface area contributed by atoms with Crippen LogP contribution >= 0.6 is 0 Å². The van der Waals surface area contributed by atoms with Gasteiger partial charge in [-0.05, 0) is 48.2 Å². The number of hydrogen-bond donors (Lipinski definition) is 1. The molecule has 0 saturated heterocycles. The van der Waals surface area contributed by atoms with Crippen molar-refractivity contribution < 1.29 is 28.5 Å². The molecule has 2 aliphatic heterocycles. The van der Waals surface area contributed by atoms with Crippen molar-refractivity contribution in [3.63, 3.8) is 0 Å². The van der Waals surface area contributed by atoms with Crippen LogP contribution in [0.3, 0.4) is 0 Å². The molecule has 38 heavy (non-hydrogen) atoms. The summed E-state index contributed by atoms with van der Waals surface area (Å²) >= 11 is 0. The van der Waals surface area contributed by atoms with Gasteiger partial charge < -0.3 is 29.4 Å². The zero-order valence-corrected chi connectivity index (χ0v) is 21.2. The van der Waals surface area contributed by atoms with Gasteiger partial charge in [0, 0.05) is 11.6 Å². The fourth-order valence-corrected chi connectivity index (χ4v) is 4.36. The average molecular weight is 513 g/mol. The monoisotopic (exact) mass is 512 g/mol. The molecule has 0 aliphatic carbocycles. The number of esters is 1. The molecule has 8 nitrogen and oxygen atoms in total. The number of para-hydroxylation sites is 2. The van der Waals surface area contributed by atoms with Crippen LogP contribution in [-0.2, 0) is 4.79 Å². The fraction of sp³-hybridized carbons (Fsp3) is 0.267. The minimum atomic E-state index is -0.914. The van der Waals surface area contributed by atoms with Crippen LogP contribution < -0.4 is 29.4 Å². The van der Waals surface area contributed by atoms with Crippen molar-refractivity contribution in [1.29, 1.82) is 5.26 Å². The Bertz CT molecular complexity index is 1420. The van der Waals surface area contributed by atoms with E-state index in [9.17, 15) is 10.1 Å². The summed E-state index contributed by atoms with van der Waals surface area (Å²) in [5, 5.41) is 9.88. The van der Waals surface area contributed by atoms with Crippen LogP contribution in [0.4, 0.5) is 0 Å². The van der Waals surface area contributed by atoms with Crippen LogP contribution in [0.1, 0.15) is 37.3 Å². The van der Waals surface area contributed by atoms with Gasteiger partial charge in [-0.2, -0.15) is 5.26 Å². The van der Waals surface area contributed by atoms with Crippen molar-refractivity contribution in [2.45, 2.75) is 32.3 Å². The van der Waals surface area contributed by atoms with Crippen molar-refractivity contribution in [3.8, 4) is 34.8 Å². The molecule has 2 aliphatic rings. The summed E-state index contributed by atoms with van der Waals surface area (Å²) in [5.74, 6) is 1.90. The van der Waals surface area contributed by atoms with Gasteiger partial charge in [-0.25, -0.2) is 4.79 Å². The Morgan fingerprint density at radius 2 is 1.87 bits per heavy atom. The number of nitriles is 1. The van der Waals surface area contributed by atoms with Crippen molar-refractivity contribution in [2.75, 3.05) is 13.2 Å². The highest BCUT2D eigenvalue weighted by Gasteiger charge is 2.33. The van der Waals surface area contributed by atoms with E-state index in [2.05, 4.69) is 19.9 Å². The summed E-state index contributed by atoms with van der Waals surface area (Å²) in [7, 11) is 0. The molecule has 0 spiro atoms. The number of carbonyl (C=O) groups is 1. The summed E-state index contributed by atoms with van der Waals surface area (Å²) < 4.78 is 28.7. The zero-order valence-electron chi connectivity index (χ0n) is 21.2. The zero-order chi connectivity index (χ0) is 26.6.